The van der Waals surface area contributed by atoms with E-state index in [1.54, 1.807) is 12.1 Å². The van der Waals surface area contributed by atoms with E-state index in [1.165, 1.54) is 23.5 Å². The van der Waals surface area contributed by atoms with Crippen LogP contribution in [0.25, 0.3) is 16.6 Å². The van der Waals surface area contributed by atoms with Gasteiger partial charge in [-0.3, -0.25) is 0 Å². The topological polar surface area (TPSA) is 33.1 Å². The molecule has 17 heavy (non-hydrogen) atoms. The highest BCUT2D eigenvalue weighted by Gasteiger charge is 2.03. The predicted octanol–water partition coefficient (Wildman–Crippen LogP) is 3.34. The van der Waals surface area contributed by atoms with Gasteiger partial charge in [0.2, 0.25) is 0 Å². The first kappa shape index (κ1) is 12.0. The summed E-state index contributed by atoms with van der Waals surface area (Å²) in [6.45, 7) is 1.88. The van der Waals surface area contributed by atoms with Crippen LogP contribution in [0.4, 0.5) is 4.39 Å². The molecule has 1 heterocycles. The molecule has 0 saturated carbocycles. The third-order valence-electron chi connectivity index (χ3n) is 2.26. The molecule has 0 bridgehead atoms. The van der Waals surface area contributed by atoms with Crippen molar-refractivity contribution >= 4 is 17.4 Å². The molecule has 0 aliphatic carbocycles. The summed E-state index contributed by atoms with van der Waals surface area (Å²) < 4.78 is 12.8. The standard InChI is InChI=1S/C13H12FNOS/c1-9(7-16)6-12-8-17-13(15-12)10-2-4-11(14)5-3-10/h2-6,8,16H,7H2,1H3. The number of halogens is 1. The Balaban J connectivity index is 2.27. The highest BCUT2D eigenvalue weighted by molar-refractivity contribution is 7.13. The van der Waals surface area contributed by atoms with Crippen molar-refractivity contribution in [2.24, 2.45) is 0 Å². The Hall–Kier alpha value is -1.52. The van der Waals surface area contributed by atoms with Gasteiger partial charge in [-0.25, -0.2) is 9.37 Å². The summed E-state index contributed by atoms with van der Waals surface area (Å²) in [6, 6.07) is 6.26. The second-order valence-corrected chi connectivity index (χ2v) is 4.59. The molecule has 0 unspecified atom stereocenters. The van der Waals surface area contributed by atoms with Crippen LogP contribution in [0.1, 0.15) is 12.6 Å². The van der Waals surface area contributed by atoms with Gasteiger partial charge in [0, 0.05) is 10.9 Å². The smallest absolute Gasteiger partial charge is 0.124 e. The molecule has 88 valence electrons. The zero-order valence-electron chi connectivity index (χ0n) is 9.35. The SMILES string of the molecule is CC(=Cc1csc(-c2ccc(F)cc2)n1)CO. The summed E-state index contributed by atoms with van der Waals surface area (Å²) >= 11 is 1.50. The molecular weight excluding hydrogens is 237 g/mol. The van der Waals surface area contributed by atoms with Gasteiger partial charge in [0.1, 0.15) is 10.8 Å². The number of rotatable bonds is 3. The normalized spacial score (nSPS) is 11.8. The van der Waals surface area contributed by atoms with Crippen molar-refractivity contribution in [3.05, 3.63) is 46.7 Å². The van der Waals surface area contributed by atoms with Crippen molar-refractivity contribution < 1.29 is 9.50 Å². The highest BCUT2D eigenvalue weighted by atomic mass is 32.1. The van der Waals surface area contributed by atoms with Crippen LogP contribution in [-0.4, -0.2) is 16.7 Å². The largest absolute Gasteiger partial charge is 0.392 e. The molecule has 1 N–H and O–H groups in total. The Labute approximate surface area is 103 Å². The van der Waals surface area contributed by atoms with Crippen molar-refractivity contribution in [2.45, 2.75) is 6.92 Å². The minimum absolute atomic E-state index is 0.0312. The van der Waals surface area contributed by atoms with Crippen molar-refractivity contribution in [1.29, 1.82) is 0 Å². The van der Waals surface area contributed by atoms with Crippen LogP contribution in [0, 0.1) is 5.82 Å². The number of nitrogens with zero attached hydrogens (tertiary/aromatic N) is 1. The van der Waals surface area contributed by atoms with E-state index in [9.17, 15) is 4.39 Å². The molecule has 0 fully saturated rings. The van der Waals surface area contributed by atoms with Crippen LogP contribution < -0.4 is 0 Å². The summed E-state index contributed by atoms with van der Waals surface area (Å²) in [7, 11) is 0. The number of aliphatic hydroxyl groups excluding tert-OH is 1. The van der Waals surface area contributed by atoms with E-state index in [0.29, 0.717) is 0 Å². The Morgan fingerprint density at radius 1 is 1.41 bits per heavy atom. The van der Waals surface area contributed by atoms with E-state index < -0.39 is 0 Å². The fraction of sp³-hybridized carbons (Fsp3) is 0.154. The second-order valence-electron chi connectivity index (χ2n) is 3.73. The number of hydrogen-bond donors (Lipinski definition) is 1. The molecular formula is C13H12FNOS. The molecule has 2 nitrogen and oxygen atoms in total. The molecule has 0 spiro atoms. The quantitative estimate of drug-likeness (QED) is 0.905. The number of benzene rings is 1. The molecule has 0 atom stereocenters. The fourth-order valence-electron chi connectivity index (χ4n) is 1.38. The van der Waals surface area contributed by atoms with E-state index in [4.69, 9.17) is 5.11 Å². The monoisotopic (exact) mass is 249 g/mol. The first-order valence-electron chi connectivity index (χ1n) is 5.18. The Morgan fingerprint density at radius 2 is 2.12 bits per heavy atom. The molecule has 1 aromatic heterocycles. The summed E-state index contributed by atoms with van der Waals surface area (Å²) in [5, 5.41) is 11.7. The Kier molecular flexibility index (Phi) is 3.66. The molecule has 4 heteroatoms. The van der Waals surface area contributed by atoms with Gasteiger partial charge < -0.3 is 5.11 Å². The van der Waals surface area contributed by atoms with E-state index in [-0.39, 0.29) is 12.4 Å². The van der Waals surface area contributed by atoms with E-state index in [2.05, 4.69) is 4.98 Å². The number of hydrogen-bond acceptors (Lipinski definition) is 3. The van der Waals surface area contributed by atoms with Crippen LogP contribution in [0.3, 0.4) is 0 Å². The lowest BCUT2D eigenvalue weighted by Gasteiger charge is -1.95. The van der Waals surface area contributed by atoms with Crippen molar-refractivity contribution in [2.75, 3.05) is 6.61 Å². The zero-order valence-corrected chi connectivity index (χ0v) is 10.2. The number of aliphatic hydroxyl groups is 1. The minimum Gasteiger partial charge on any atom is -0.392 e. The highest BCUT2D eigenvalue weighted by Crippen LogP contribution is 2.24. The van der Waals surface area contributed by atoms with Crippen LogP contribution in [0.5, 0.6) is 0 Å². The lowest BCUT2D eigenvalue weighted by molar-refractivity contribution is 0.332. The Bertz CT molecular complexity index is 531. The minimum atomic E-state index is -0.249. The number of thiazole rings is 1. The van der Waals surface area contributed by atoms with Gasteiger partial charge in [0.15, 0.2) is 0 Å². The molecule has 0 radical (unpaired) electrons. The Morgan fingerprint density at radius 3 is 2.76 bits per heavy atom. The predicted molar refractivity (Wildman–Crippen MR) is 68.2 cm³/mol. The fourth-order valence-corrected chi connectivity index (χ4v) is 2.16. The van der Waals surface area contributed by atoms with Crippen LogP contribution >= 0.6 is 11.3 Å². The van der Waals surface area contributed by atoms with Crippen molar-refractivity contribution in [3.8, 4) is 10.6 Å². The van der Waals surface area contributed by atoms with Gasteiger partial charge in [-0.05, 0) is 42.8 Å². The van der Waals surface area contributed by atoms with Crippen molar-refractivity contribution in [1.82, 2.24) is 4.98 Å². The van der Waals surface area contributed by atoms with Crippen LogP contribution in [-0.2, 0) is 0 Å². The second kappa shape index (κ2) is 5.21. The maximum atomic E-state index is 12.8. The molecule has 0 aliphatic heterocycles. The molecule has 0 aliphatic rings. The van der Waals surface area contributed by atoms with E-state index >= 15 is 0 Å². The molecule has 2 rings (SSSR count). The van der Waals surface area contributed by atoms with Gasteiger partial charge in [-0.2, -0.15) is 0 Å². The molecule has 0 amide bonds. The van der Waals surface area contributed by atoms with Crippen LogP contribution in [0.15, 0.2) is 35.2 Å². The summed E-state index contributed by atoms with van der Waals surface area (Å²) in [6.07, 6.45) is 1.84. The molecule has 1 aromatic carbocycles. The molecule has 0 saturated heterocycles. The zero-order chi connectivity index (χ0) is 12.3. The molecule has 2 aromatic rings. The lowest BCUT2D eigenvalue weighted by Crippen LogP contribution is -1.84. The van der Waals surface area contributed by atoms with Gasteiger partial charge in [-0.1, -0.05) is 0 Å². The first-order chi connectivity index (χ1) is 8.19. The van der Waals surface area contributed by atoms with Gasteiger partial charge >= 0.3 is 0 Å². The first-order valence-corrected chi connectivity index (χ1v) is 6.06. The van der Waals surface area contributed by atoms with E-state index in [0.717, 1.165) is 21.8 Å². The summed E-state index contributed by atoms with van der Waals surface area (Å²) in [5.74, 6) is -0.249. The average molecular weight is 249 g/mol. The lowest BCUT2D eigenvalue weighted by atomic mass is 10.2. The third kappa shape index (κ3) is 2.99. The number of aromatic nitrogens is 1. The van der Waals surface area contributed by atoms with Crippen molar-refractivity contribution in [3.63, 3.8) is 0 Å². The van der Waals surface area contributed by atoms with Gasteiger partial charge in [0.05, 0.1) is 12.3 Å². The maximum absolute atomic E-state index is 12.8. The summed E-state index contributed by atoms with van der Waals surface area (Å²) in [4.78, 5) is 4.41. The van der Waals surface area contributed by atoms with Gasteiger partial charge in [-0.15, -0.1) is 11.3 Å². The van der Waals surface area contributed by atoms with E-state index in [1.807, 2.05) is 18.4 Å². The maximum Gasteiger partial charge on any atom is 0.124 e. The van der Waals surface area contributed by atoms with Crippen LogP contribution in [0.2, 0.25) is 0 Å². The average Bonchev–Trinajstić information content (AvgIpc) is 2.78. The summed E-state index contributed by atoms with van der Waals surface area (Å²) in [5.41, 5.74) is 2.58. The third-order valence-corrected chi connectivity index (χ3v) is 3.17. The van der Waals surface area contributed by atoms with Gasteiger partial charge in [0.25, 0.3) is 0 Å².